The Bertz CT molecular complexity index is 345. The lowest BCUT2D eigenvalue weighted by Crippen LogP contribution is -2.32. The van der Waals surface area contributed by atoms with Gasteiger partial charge in [0, 0.05) is 27.7 Å². The van der Waals surface area contributed by atoms with E-state index in [2.05, 4.69) is 0 Å². The lowest BCUT2D eigenvalue weighted by Gasteiger charge is -2.17. The second-order valence-corrected chi connectivity index (χ2v) is 1.01. The molecule has 0 unspecified atom stereocenters. The summed E-state index contributed by atoms with van der Waals surface area (Å²) in [4.78, 5) is -1.06. The molecule has 0 saturated heterocycles. The Morgan fingerprint density at radius 1 is 0.900 bits per heavy atom. The fraction of sp³-hybridized carbons (Fsp3) is 1.00. The van der Waals surface area contributed by atoms with Crippen LogP contribution in [-0.2, 0) is 0 Å². The molecule has 0 aromatic rings. The molecule has 10 heavy (non-hydrogen) atoms. The number of aliphatic hydroxyl groups is 3. The highest BCUT2D eigenvalue weighted by molar-refractivity contribution is 4.54. The van der Waals surface area contributed by atoms with Gasteiger partial charge >= 0.3 is 0 Å². The van der Waals surface area contributed by atoms with Gasteiger partial charge in [-0.2, -0.15) is 0 Å². The highest BCUT2D eigenvalue weighted by atomic mass is 16.3. The van der Waals surface area contributed by atoms with Crippen molar-refractivity contribution in [2.45, 2.75) is 0 Å². The predicted molar refractivity (Wildman–Crippen MR) is 37.7 cm³/mol. The summed E-state index contributed by atoms with van der Waals surface area (Å²) >= 11 is 0. The van der Waals surface area contributed by atoms with E-state index in [1.807, 2.05) is 0 Å². The van der Waals surface area contributed by atoms with E-state index in [1.54, 1.807) is 0 Å². The van der Waals surface area contributed by atoms with Crippen molar-refractivity contribution in [2.75, 3.05) is 39.2 Å². The topological polar surface area (TPSA) is 63.9 Å². The minimum absolute atomic E-state index is 1.06. The number of nitrogens with zero attached hydrogens (tertiary/aromatic N) is 1. The molecular formula is C6H15NO3. The molecule has 0 aliphatic rings. The molecule has 0 amide bonds. The van der Waals surface area contributed by atoms with Crippen LogP contribution in [0, 0.1) is 0 Å². The lowest BCUT2D eigenvalue weighted by molar-refractivity contribution is 0.136. The van der Waals surface area contributed by atoms with E-state index in [0.717, 1.165) is 0 Å². The zero-order valence-electron chi connectivity index (χ0n) is 16.8. The van der Waals surface area contributed by atoms with Crippen molar-refractivity contribution < 1.29 is 31.8 Å². The molecule has 0 atom stereocenters. The van der Waals surface area contributed by atoms with Gasteiger partial charge in [0.25, 0.3) is 0 Å². The van der Waals surface area contributed by atoms with Gasteiger partial charge in [-0.15, -0.1) is 0 Å². The van der Waals surface area contributed by atoms with Crippen LogP contribution in [0.4, 0.5) is 0 Å². The molecule has 4 heteroatoms. The highest BCUT2D eigenvalue weighted by Gasteiger charge is 2.00. The Hall–Kier alpha value is -0.160. The van der Waals surface area contributed by atoms with Crippen LogP contribution in [-0.4, -0.2) is 59.4 Å². The van der Waals surface area contributed by atoms with Crippen LogP contribution < -0.4 is 0 Å². The quantitative estimate of drug-likeness (QED) is 0.433. The normalized spacial score (nSPS) is 37.2. The summed E-state index contributed by atoms with van der Waals surface area (Å²) < 4.78 is 85.4. The molecule has 0 rings (SSSR count). The van der Waals surface area contributed by atoms with Gasteiger partial charge in [-0.25, -0.2) is 0 Å². The number of rotatable bonds is 6. The fourth-order valence-electron chi connectivity index (χ4n) is 0.234. The van der Waals surface area contributed by atoms with Crippen molar-refractivity contribution in [3.8, 4) is 0 Å². The number of hydrogen-bond donors (Lipinski definition) is 3. The molecule has 0 aromatic carbocycles. The van der Waals surface area contributed by atoms with Crippen molar-refractivity contribution in [1.82, 2.24) is 4.90 Å². The highest BCUT2D eigenvalue weighted by Crippen LogP contribution is 1.84. The van der Waals surface area contributed by atoms with E-state index in [-0.39, 0.29) is 0 Å². The summed E-state index contributed by atoms with van der Waals surface area (Å²) in [7, 11) is 0. The third kappa shape index (κ3) is 4.69. The maximum absolute atomic E-state index is 9.15. The zero-order valence-corrected chi connectivity index (χ0v) is 4.79. The molecule has 4 nitrogen and oxygen atoms in total. The molecule has 3 N–H and O–H groups in total. The summed E-state index contributed by atoms with van der Waals surface area (Å²) in [6.45, 7) is -24.3. The molecule has 0 aromatic heterocycles. The lowest BCUT2D eigenvalue weighted by atomic mass is 10.4. The van der Waals surface area contributed by atoms with E-state index in [4.69, 9.17) is 31.8 Å². The van der Waals surface area contributed by atoms with Crippen LogP contribution in [0.3, 0.4) is 0 Å². The fourth-order valence-corrected chi connectivity index (χ4v) is 0.234. The van der Waals surface area contributed by atoms with Gasteiger partial charge in [0.05, 0.1) is 27.9 Å². The second-order valence-electron chi connectivity index (χ2n) is 1.01. The van der Waals surface area contributed by atoms with Crippen molar-refractivity contribution in [3.05, 3.63) is 0 Å². The molecule has 0 radical (unpaired) electrons. The summed E-state index contributed by atoms with van der Waals surface area (Å²) in [5.41, 5.74) is 0. The Morgan fingerprint density at radius 3 is 1.40 bits per heavy atom. The van der Waals surface area contributed by atoms with Crippen LogP contribution in [0.15, 0.2) is 0 Å². The first kappa shape index (κ1) is 1.77. The maximum atomic E-state index is 9.15. The van der Waals surface area contributed by atoms with E-state index < -0.39 is 44.1 Å². The molecule has 62 valence electrons. The van der Waals surface area contributed by atoms with Gasteiger partial charge in [0.2, 0.25) is 0 Å². The average Bonchev–Trinajstić information content (AvgIpc) is 2.09. The SMILES string of the molecule is [2H]C([2H])(O)C([2H])([2H])N(C([2H])([2H])C([2H])([2H])O)C([2H])([2H])C([2H])([2H])O. The minimum Gasteiger partial charge on any atom is -0.395 e. The minimum atomic E-state index is -4.09. The molecular weight excluding hydrogens is 134 g/mol. The first-order chi connectivity index (χ1) is 9.12. The van der Waals surface area contributed by atoms with Gasteiger partial charge < -0.3 is 15.3 Å². The third-order valence-electron chi connectivity index (χ3n) is 0.485. The van der Waals surface area contributed by atoms with Gasteiger partial charge in [0.1, 0.15) is 0 Å². The molecule has 0 aliphatic heterocycles. The largest absolute Gasteiger partial charge is 0.395 e. The van der Waals surface area contributed by atoms with Gasteiger partial charge in [0.15, 0.2) is 0 Å². The number of hydrogen-bond acceptors (Lipinski definition) is 4. The van der Waals surface area contributed by atoms with Gasteiger partial charge in [-0.3, -0.25) is 4.90 Å². The summed E-state index contributed by atoms with van der Waals surface area (Å²) in [5.74, 6) is 0. The molecule has 0 spiro atoms. The summed E-state index contributed by atoms with van der Waals surface area (Å²) in [6, 6.07) is 0. The smallest absolute Gasteiger partial charge is 0.0577 e. The van der Waals surface area contributed by atoms with Crippen LogP contribution in [0.5, 0.6) is 0 Å². The molecule has 0 fully saturated rings. The summed E-state index contributed by atoms with van der Waals surface area (Å²) in [5, 5.41) is 27.4. The Morgan fingerprint density at radius 2 is 1.20 bits per heavy atom. The molecule has 0 aliphatic carbocycles. The first-order valence-corrected chi connectivity index (χ1v) is 2.09. The van der Waals surface area contributed by atoms with Crippen molar-refractivity contribution in [3.63, 3.8) is 0 Å². The second kappa shape index (κ2) is 6.95. The van der Waals surface area contributed by atoms with Crippen LogP contribution in [0.1, 0.15) is 16.4 Å². The van der Waals surface area contributed by atoms with Gasteiger partial charge in [-0.1, -0.05) is 0 Å². The van der Waals surface area contributed by atoms with Crippen LogP contribution in [0.2, 0.25) is 0 Å². The molecule has 0 heterocycles. The Kier molecular flexibility index (Phi) is 1.23. The Balaban J connectivity index is 6.53. The van der Waals surface area contributed by atoms with Crippen LogP contribution >= 0.6 is 0 Å². The predicted octanol–water partition coefficient (Wildman–Crippen LogP) is -1.73. The third-order valence-corrected chi connectivity index (χ3v) is 0.485. The molecule has 0 bridgehead atoms. The average molecular weight is 161 g/mol. The molecule has 0 saturated carbocycles. The maximum Gasteiger partial charge on any atom is 0.0577 e. The van der Waals surface area contributed by atoms with E-state index >= 15 is 0 Å². The Labute approximate surface area is 77.6 Å². The van der Waals surface area contributed by atoms with E-state index in [9.17, 15) is 0 Å². The van der Waals surface area contributed by atoms with Crippen molar-refractivity contribution in [2.24, 2.45) is 0 Å². The monoisotopic (exact) mass is 161 g/mol. The van der Waals surface area contributed by atoms with Crippen molar-refractivity contribution >= 4 is 0 Å². The summed E-state index contributed by atoms with van der Waals surface area (Å²) in [6.07, 6.45) is 0. The van der Waals surface area contributed by atoms with E-state index in [0.29, 0.717) is 0 Å². The van der Waals surface area contributed by atoms with E-state index in [1.165, 1.54) is 0 Å². The van der Waals surface area contributed by atoms with Crippen LogP contribution in [0.25, 0.3) is 0 Å². The standard InChI is InChI=1S/C6H15NO3/c8-4-1-7(2-5-9)3-6-10/h8-10H,1-6H2/i1D2,2D2,3D2,4D2,5D2,6D2. The van der Waals surface area contributed by atoms with Gasteiger partial charge in [-0.05, 0) is 0 Å². The zero-order chi connectivity index (χ0) is 18.6. The first-order valence-electron chi connectivity index (χ1n) is 8.09. The van der Waals surface area contributed by atoms with Crippen molar-refractivity contribution in [1.29, 1.82) is 0 Å².